The van der Waals surface area contributed by atoms with Crippen LogP contribution in [0.25, 0.3) is 16.4 Å². The van der Waals surface area contributed by atoms with Crippen molar-refractivity contribution >= 4 is 34.1 Å². The number of benzene rings is 2. The quantitative estimate of drug-likeness (QED) is 0.378. The van der Waals surface area contributed by atoms with E-state index in [0.29, 0.717) is 16.6 Å². The molecule has 4 rings (SSSR count). The number of hydrogen-bond acceptors (Lipinski definition) is 5. The largest absolute Gasteiger partial charge is 0.465 e. The van der Waals surface area contributed by atoms with E-state index < -0.39 is 17.7 Å². The molecule has 0 aliphatic rings. The van der Waals surface area contributed by atoms with Crippen LogP contribution in [0.4, 0.5) is 0 Å². The monoisotopic (exact) mass is 401 g/mol. The molecule has 2 aromatic heterocycles. The van der Waals surface area contributed by atoms with E-state index in [-0.39, 0.29) is 16.8 Å². The molecule has 2 heterocycles. The highest BCUT2D eigenvalue weighted by atomic mass is 16.5. The van der Waals surface area contributed by atoms with E-state index in [9.17, 15) is 14.4 Å². The molecule has 0 unspecified atom stereocenters. The summed E-state index contributed by atoms with van der Waals surface area (Å²) in [6.07, 6.45) is 0. The molecule has 0 radical (unpaired) electrons. The maximum absolute atomic E-state index is 13.6. The Kier molecular flexibility index (Phi) is 4.83. The van der Waals surface area contributed by atoms with E-state index in [1.807, 2.05) is 49.4 Å². The zero-order valence-corrected chi connectivity index (χ0v) is 16.8. The molecule has 0 spiro atoms. The average molecular weight is 401 g/mol. The molecule has 0 aliphatic heterocycles. The Morgan fingerprint density at radius 1 is 0.733 bits per heavy atom. The van der Waals surface area contributed by atoms with Crippen molar-refractivity contribution in [1.29, 1.82) is 0 Å². The van der Waals surface area contributed by atoms with Gasteiger partial charge in [0.1, 0.15) is 16.8 Å². The first kappa shape index (κ1) is 19.4. The van der Waals surface area contributed by atoms with Gasteiger partial charge >= 0.3 is 11.9 Å². The number of ketones is 1. The van der Waals surface area contributed by atoms with Crippen LogP contribution in [0.2, 0.25) is 0 Å². The lowest BCUT2D eigenvalue weighted by atomic mass is 10.0. The van der Waals surface area contributed by atoms with Crippen LogP contribution >= 0.6 is 0 Å². The van der Waals surface area contributed by atoms with Crippen LogP contribution in [-0.4, -0.2) is 36.3 Å². The molecule has 0 amide bonds. The summed E-state index contributed by atoms with van der Waals surface area (Å²) < 4.78 is 11.5. The Hall–Kier alpha value is -3.93. The van der Waals surface area contributed by atoms with Crippen LogP contribution in [0.1, 0.15) is 42.3 Å². The molecule has 0 saturated carbocycles. The Morgan fingerprint density at radius 3 is 2.03 bits per heavy atom. The van der Waals surface area contributed by atoms with Crippen molar-refractivity contribution in [3.05, 3.63) is 88.6 Å². The molecule has 4 aromatic rings. The number of pyridine rings is 1. The van der Waals surface area contributed by atoms with Crippen molar-refractivity contribution in [3.63, 3.8) is 0 Å². The summed E-state index contributed by atoms with van der Waals surface area (Å²) in [5.74, 6) is -1.89. The number of carbonyl (C=O) groups is 3. The summed E-state index contributed by atoms with van der Waals surface area (Å²) in [5, 5.41) is 0.853. The number of methoxy groups -OCH3 is 2. The fraction of sp³-hybridized carbons (Fsp3) is 0.125. The Balaban J connectivity index is 2.19. The molecule has 6 heteroatoms. The first-order chi connectivity index (χ1) is 14.5. The first-order valence-electron chi connectivity index (χ1n) is 9.32. The van der Waals surface area contributed by atoms with E-state index in [0.717, 1.165) is 10.9 Å². The van der Waals surface area contributed by atoms with Gasteiger partial charge in [0.05, 0.1) is 25.3 Å². The van der Waals surface area contributed by atoms with E-state index in [2.05, 4.69) is 0 Å². The summed E-state index contributed by atoms with van der Waals surface area (Å²) in [7, 11) is 2.44. The fourth-order valence-corrected chi connectivity index (χ4v) is 3.67. The zero-order chi connectivity index (χ0) is 21.4. The highest BCUT2D eigenvalue weighted by Gasteiger charge is 2.33. The van der Waals surface area contributed by atoms with E-state index in [4.69, 9.17) is 9.47 Å². The lowest BCUT2D eigenvalue weighted by molar-refractivity contribution is 0.0556. The molecular weight excluding hydrogens is 382 g/mol. The molecule has 0 fully saturated rings. The number of ether oxygens (including phenoxy) is 2. The van der Waals surface area contributed by atoms with Gasteiger partial charge in [0.2, 0.25) is 5.78 Å². The number of esters is 2. The van der Waals surface area contributed by atoms with E-state index in [1.165, 1.54) is 14.2 Å². The Bertz CT molecular complexity index is 1320. The number of rotatable bonds is 4. The molecular formula is C24H19NO5. The minimum Gasteiger partial charge on any atom is -0.465 e. The summed E-state index contributed by atoms with van der Waals surface area (Å²) in [6.45, 7) is 1.92. The number of carbonyl (C=O) groups excluding carboxylic acids is 3. The van der Waals surface area contributed by atoms with Crippen LogP contribution in [-0.2, 0) is 9.47 Å². The number of hydrogen-bond donors (Lipinski definition) is 0. The van der Waals surface area contributed by atoms with Crippen LogP contribution in [0, 0.1) is 6.92 Å². The highest BCUT2D eigenvalue weighted by Crippen LogP contribution is 2.31. The third kappa shape index (κ3) is 2.93. The first-order valence-corrected chi connectivity index (χ1v) is 9.32. The van der Waals surface area contributed by atoms with E-state index in [1.54, 1.807) is 22.6 Å². The molecule has 0 N–H and O–H groups in total. The minimum absolute atomic E-state index is 0.00515. The highest BCUT2D eigenvalue weighted by molar-refractivity contribution is 6.20. The van der Waals surface area contributed by atoms with Crippen molar-refractivity contribution in [2.24, 2.45) is 0 Å². The molecule has 0 aliphatic carbocycles. The Labute approximate surface area is 172 Å². The second-order valence-corrected chi connectivity index (χ2v) is 6.89. The standard InChI is InChI=1S/C24H19NO5/c1-14-8-10-16(11-9-14)22(26)21-20(24(28)30-3)19(23(27)29-2)18-13-12-15-6-4-5-7-17(15)25(18)21/h4-13H,1-3H3. The van der Waals surface area contributed by atoms with Crippen molar-refractivity contribution in [2.45, 2.75) is 6.92 Å². The summed E-state index contributed by atoms with van der Waals surface area (Å²) in [4.78, 5) is 39.0. The van der Waals surface area contributed by atoms with Crippen molar-refractivity contribution in [1.82, 2.24) is 4.40 Å². The normalized spacial score (nSPS) is 10.9. The maximum atomic E-state index is 13.6. The topological polar surface area (TPSA) is 74.1 Å². The van der Waals surface area contributed by atoms with Gasteiger partial charge in [-0.05, 0) is 24.4 Å². The summed E-state index contributed by atoms with van der Waals surface area (Å²) in [6, 6.07) is 18.0. The number of fused-ring (bicyclic) bond motifs is 3. The SMILES string of the molecule is COC(=O)c1c(C(=O)OC)c2ccc3ccccc3n2c1C(=O)c1ccc(C)cc1. The molecule has 0 atom stereocenters. The van der Waals surface area contributed by atoms with Gasteiger partial charge in [-0.2, -0.15) is 0 Å². The molecule has 0 saturated heterocycles. The van der Waals surface area contributed by atoms with Crippen molar-refractivity contribution in [2.75, 3.05) is 14.2 Å². The smallest absolute Gasteiger partial charge is 0.341 e. The van der Waals surface area contributed by atoms with E-state index >= 15 is 0 Å². The molecule has 6 nitrogen and oxygen atoms in total. The van der Waals surface area contributed by atoms with Crippen molar-refractivity contribution in [3.8, 4) is 0 Å². The maximum Gasteiger partial charge on any atom is 0.341 e. The lowest BCUT2D eigenvalue weighted by Crippen LogP contribution is -2.15. The number of aryl methyl sites for hydroxylation is 1. The van der Waals surface area contributed by atoms with Crippen LogP contribution in [0.3, 0.4) is 0 Å². The number of aromatic nitrogens is 1. The Morgan fingerprint density at radius 2 is 1.37 bits per heavy atom. The van der Waals surface area contributed by atoms with Gasteiger partial charge in [-0.3, -0.25) is 4.79 Å². The molecule has 30 heavy (non-hydrogen) atoms. The van der Waals surface area contributed by atoms with Gasteiger partial charge < -0.3 is 13.9 Å². The van der Waals surface area contributed by atoms with Gasteiger partial charge in [-0.15, -0.1) is 0 Å². The van der Waals surface area contributed by atoms with Gasteiger partial charge in [-0.1, -0.05) is 54.1 Å². The van der Waals surface area contributed by atoms with Crippen molar-refractivity contribution < 1.29 is 23.9 Å². The van der Waals surface area contributed by atoms with Gasteiger partial charge in [-0.25, -0.2) is 9.59 Å². The van der Waals surface area contributed by atoms with Crippen LogP contribution in [0.15, 0.2) is 60.7 Å². The number of nitrogens with zero attached hydrogens (tertiary/aromatic N) is 1. The molecule has 0 bridgehead atoms. The zero-order valence-electron chi connectivity index (χ0n) is 16.8. The fourth-order valence-electron chi connectivity index (χ4n) is 3.67. The third-order valence-electron chi connectivity index (χ3n) is 5.11. The average Bonchev–Trinajstić information content (AvgIpc) is 3.13. The second-order valence-electron chi connectivity index (χ2n) is 6.89. The lowest BCUT2D eigenvalue weighted by Gasteiger charge is -2.09. The third-order valence-corrected chi connectivity index (χ3v) is 5.11. The van der Waals surface area contributed by atoms with Gasteiger partial charge in [0.25, 0.3) is 0 Å². The minimum atomic E-state index is -0.779. The van der Waals surface area contributed by atoms with Crippen LogP contribution in [0.5, 0.6) is 0 Å². The van der Waals surface area contributed by atoms with Crippen LogP contribution < -0.4 is 0 Å². The predicted octanol–water partition coefficient (Wildman–Crippen LogP) is 4.21. The predicted molar refractivity (Wildman–Crippen MR) is 112 cm³/mol. The second kappa shape index (κ2) is 7.48. The summed E-state index contributed by atoms with van der Waals surface area (Å²) in [5.41, 5.74) is 2.45. The number of para-hydroxylation sites is 1. The van der Waals surface area contributed by atoms with Gasteiger partial charge in [0.15, 0.2) is 0 Å². The molecule has 150 valence electrons. The molecule has 2 aromatic carbocycles. The summed E-state index contributed by atoms with van der Waals surface area (Å²) >= 11 is 0. The van der Waals surface area contributed by atoms with Gasteiger partial charge in [0, 0.05) is 5.56 Å².